The van der Waals surface area contributed by atoms with Crippen molar-refractivity contribution in [3.63, 3.8) is 0 Å². The van der Waals surface area contributed by atoms with E-state index in [4.69, 9.17) is 0 Å². The smallest absolute Gasteiger partial charge is 0.212 e. The summed E-state index contributed by atoms with van der Waals surface area (Å²) >= 11 is 0. The molecular formula is C16H27NO2S. The van der Waals surface area contributed by atoms with Crippen LogP contribution in [-0.4, -0.2) is 14.2 Å². The van der Waals surface area contributed by atoms with Gasteiger partial charge in [-0.15, -0.1) is 0 Å². The van der Waals surface area contributed by atoms with Crippen LogP contribution in [0.4, 0.5) is 0 Å². The van der Waals surface area contributed by atoms with Gasteiger partial charge in [0.25, 0.3) is 0 Å². The topological polar surface area (TPSA) is 46.2 Å². The molecule has 114 valence electrons. The lowest BCUT2D eigenvalue weighted by atomic mass is 9.91. The van der Waals surface area contributed by atoms with Crippen LogP contribution in [0.15, 0.2) is 24.3 Å². The fourth-order valence-corrected chi connectivity index (χ4v) is 3.56. The molecule has 0 aromatic heterocycles. The first-order valence-electron chi connectivity index (χ1n) is 7.16. The zero-order valence-corrected chi connectivity index (χ0v) is 14.0. The van der Waals surface area contributed by atoms with Gasteiger partial charge >= 0.3 is 0 Å². The maximum absolute atomic E-state index is 12.1. The highest BCUT2D eigenvalue weighted by atomic mass is 32.2. The summed E-state index contributed by atoms with van der Waals surface area (Å²) in [5, 5.41) is 0. The van der Waals surface area contributed by atoms with Crippen molar-refractivity contribution in [2.24, 2.45) is 5.41 Å². The molecule has 0 unspecified atom stereocenters. The normalized spacial score (nSPS) is 14.2. The summed E-state index contributed by atoms with van der Waals surface area (Å²) in [7, 11) is -3.22. The molecule has 0 saturated carbocycles. The van der Waals surface area contributed by atoms with Gasteiger partial charge in [0.2, 0.25) is 10.0 Å². The zero-order valence-electron chi connectivity index (χ0n) is 13.2. The molecule has 0 aliphatic heterocycles. The van der Waals surface area contributed by atoms with E-state index in [1.807, 2.05) is 38.1 Å². The Morgan fingerprint density at radius 3 is 2.35 bits per heavy atom. The lowest BCUT2D eigenvalue weighted by molar-refractivity contribution is 0.373. The Morgan fingerprint density at radius 2 is 1.80 bits per heavy atom. The van der Waals surface area contributed by atoms with E-state index < -0.39 is 10.0 Å². The van der Waals surface area contributed by atoms with E-state index >= 15 is 0 Å². The summed E-state index contributed by atoms with van der Waals surface area (Å²) in [6.45, 7) is 10.3. The first kappa shape index (κ1) is 17.2. The monoisotopic (exact) mass is 297 g/mol. The first-order valence-corrected chi connectivity index (χ1v) is 8.81. The third kappa shape index (κ3) is 6.06. The van der Waals surface area contributed by atoms with Crippen molar-refractivity contribution in [3.8, 4) is 0 Å². The summed E-state index contributed by atoms with van der Waals surface area (Å²) in [5.41, 5.74) is 2.32. The molecule has 4 heteroatoms. The summed E-state index contributed by atoms with van der Waals surface area (Å²) in [5.74, 6) is 0.195. The van der Waals surface area contributed by atoms with Crippen LogP contribution >= 0.6 is 0 Å². The number of hydrogen-bond acceptors (Lipinski definition) is 2. The van der Waals surface area contributed by atoms with Gasteiger partial charge in [-0.25, -0.2) is 13.1 Å². The van der Waals surface area contributed by atoms with E-state index in [0.717, 1.165) is 17.5 Å². The van der Waals surface area contributed by atoms with E-state index in [2.05, 4.69) is 25.5 Å². The van der Waals surface area contributed by atoms with Gasteiger partial charge in [-0.05, 0) is 43.2 Å². The Bertz CT molecular complexity index is 530. The van der Waals surface area contributed by atoms with Gasteiger partial charge in [0.15, 0.2) is 0 Å². The van der Waals surface area contributed by atoms with Crippen LogP contribution in [0, 0.1) is 12.3 Å². The summed E-state index contributed by atoms with van der Waals surface area (Å²) in [4.78, 5) is 0. The molecule has 0 aliphatic carbocycles. The molecule has 20 heavy (non-hydrogen) atoms. The molecule has 0 heterocycles. The minimum absolute atomic E-state index is 0.178. The van der Waals surface area contributed by atoms with Crippen LogP contribution in [0.25, 0.3) is 0 Å². The van der Waals surface area contributed by atoms with Crippen molar-refractivity contribution in [1.29, 1.82) is 0 Å². The van der Waals surface area contributed by atoms with Crippen molar-refractivity contribution in [3.05, 3.63) is 35.4 Å². The fraction of sp³-hybridized carbons (Fsp3) is 0.625. The molecule has 0 saturated heterocycles. The molecule has 0 spiro atoms. The van der Waals surface area contributed by atoms with Crippen LogP contribution in [0.2, 0.25) is 0 Å². The minimum atomic E-state index is -3.22. The van der Waals surface area contributed by atoms with Crippen LogP contribution in [-0.2, 0) is 10.0 Å². The van der Waals surface area contributed by atoms with Crippen molar-refractivity contribution in [1.82, 2.24) is 4.72 Å². The highest BCUT2D eigenvalue weighted by Crippen LogP contribution is 2.22. The second-order valence-corrected chi connectivity index (χ2v) is 8.55. The quantitative estimate of drug-likeness (QED) is 0.868. The van der Waals surface area contributed by atoms with E-state index in [-0.39, 0.29) is 17.2 Å². The molecule has 3 nitrogen and oxygen atoms in total. The lowest BCUT2D eigenvalue weighted by Crippen LogP contribution is -2.29. The number of nitrogens with one attached hydrogen (secondary N) is 1. The van der Waals surface area contributed by atoms with Gasteiger partial charge in [-0.3, -0.25) is 0 Å². The standard InChI is InChI=1S/C16H27NO2S/c1-13-9-6-7-10-15(13)14(2)17-20(18,19)12-8-11-16(3,4)5/h6-7,9-10,14,17H,8,11-12H2,1-5H3/t14-/m1/s1. The predicted molar refractivity (Wildman–Crippen MR) is 85.2 cm³/mol. The van der Waals surface area contributed by atoms with Crippen LogP contribution in [0.5, 0.6) is 0 Å². The molecular weight excluding hydrogens is 270 g/mol. The Morgan fingerprint density at radius 1 is 1.20 bits per heavy atom. The first-order chi connectivity index (χ1) is 9.11. The largest absolute Gasteiger partial charge is 0.212 e. The summed E-state index contributed by atoms with van der Waals surface area (Å²) < 4.78 is 27.0. The number of hydrogen-bond donors (Lipinski definition) is 1. The number of rotatable bonds is 6. The van der Waals surface area contributed by atoms with Crippen molar-refractivity contribution in [2.45, 2.75) is 53.5 Å². The molecule has 1 aromatic carbocycles. The second kappa shape index (κ2) is 6.72. The minimum Gasteiger partial charge on any atom is -0.212 e. The molecule has 0 fully saturated rings. The molecule has 1 rings (SSSR count). The Hall–Kier alpha value is -0.870. The Kier molecular flexibility index (Phi) is 5.78. The van der Waals surface area contributed by atoms with Crippen LogP contribution < -0.4 is 4.72 Å². The molecule has 1 aromatic rings. The Balaban J connectivity index is 2.60. The number of aryl methyl sites for hydroxylation is 1. The molecule has 1 N–H and O–H groups in total. The molecule has 1 atom stereocenters. The number of sulfonamides is 1. The molecule has 0 radical (unpaired) electrons. The van der Waals surface area contributed by atoms with Crippen LogP contribution in [0.1, 0.15) is 57.7 Å². The predicted octanol–water partition coefficient (Wildman–Crippen LogP) is 3.80. The average molecular weight is 297 g/mol. The van der Waals surface area contributed by atoms with Gasteiger partial charge in [-0.2, -0.15) is 0 Å². The van der Waals surface area contributed by atoms with E-state index in [1.54, 1.807) is 0 Å². The summed E-state index contributed by atoms with van der Waals surface area (Å²) in [6.07, 6.45) is 1.60. The SMILES string of the molecule is Cc1ccccc1[C@@H](C)NS(=O)(=O)CCCC(C)(C)C. The zero-order chi connectivity index (χ0) is 15.4. The van der Waals surface area contributed by atoms with Gasteiger partial charge in [-0.1, -0.05) is 45.0 Å². The van der Waals surface area contributed by atoms with Gasteiger partial charge in [0.1, 0.15) is 0 Å². The third-order valence-electron chi connectivity index (χ3n) is 3.35. The summed E-state index contributed by atoms with van der Waals surface area (Å²) in [6, 6.07) is 7.68. The maximum Gasteiger partial charge on any atom is 0.212 e. The molecule has 0 bridgehead atoms. The highest BCUT2D eigenvalue weighted by Gasteiger charge is 2.18. The molecule has 0 amide bonds. The fourth-order valence-electron chi connectivity index (χ4n) is 2.26. The van der Waals surface area contributed by atoms with Crippen molar-refractivity contribution in [2.75, 3.05) is 5.75 Å². The van der Waals surface area contributed by atoms with Gasteiger partial charge in [0, 0.05) is 6.04 Å². The van der Waals surface area contributed by atoms with Crippen LogP contribution in [0.3, 0.4) is 0 Å². The van der Waals surface area contributed by atoms with Crippen molar-refractivity contribution >= 4 is 10.0 Å². The van der Waals surface area contributed by atoms with Gasteiger partial charge in [0.05, 0.1) is 5.75 Å². The second-order valence-electron chi connectivity index (χ2n) is 6.68. The maximum atomic E-state index is 12.1. The number of benzene rings is 1. The van der Waals surface area contributed by atoms with Crippen molar-refractivity contribution < 1.29 is 8.42 Å². The van der Waals surface area contributed by atoms with E-state index in [0.29, 0.717) is 6.42 Å². The van der Waals surface area contributed by atoms with E-state index in [9.17, 15) is 8.42 Å². The third-order valence-corrected chi connectivity index (χ3v) is 4.89. The van der Waals surface area contributed by atoms with Gasteiger partial charge < -0.3 is 0 Å². The Labute approximate surface area is 123 Å². The highest BCUT2D eigenvalue weighted by molar-refractivity contribution is 7.89. The lowest BCUT2D eigenvalue weighted by Gasteiger charge is -2.19. The van der Waals surface area contributed by atoms with E-state index in [1.165, 1.54) is 0 Å². The average Bonchev–Trinajstić information content (AvgIpc) is 2.26. The molecule has 0 aliphatic rings.